The average Bonchev–Trinajstić information content (AvgIpc) is 3.09. The SMILES string of the molecule is CC1CCN(c2nc(-c3cccs3)nc3ccccc23)CC1. The number of rotatable bonds is 2. The van der Waals surface area contributed by atoms with Crippen LogP contribution in [-0.2, 0) is 0 Å². The average molecular weight is 309 g/mol. The maximum Gasteiger partial charge on any atom is 0.172 e. The third kappa shape index (κ3) is 2.48. The first-order valence-corrected chi connectivity index (χ1v) is 8.75. The van der Waals surface area contributed by atoms with Crippen LogP contribution in [0.1, 0.15) is 19.8 Å². The Morgan fingerprint density at radius 1 is 1.05 bits per heavy atom. The van der Waals surface area contributed by atoms with Crippen LogP contribution in [0.3, 0.4) is 0 Å². The molecule has 0 unspecified atom stereocenters. The highest BCUT2D eigenvalue weighted by atomic mass is 32.1. The van der Waals surface area contributed by atoms with E-state index in [-0.39, 0.29) is 0 Å². The highest BCUT2D eigenvalue weighted by Gasteiger charge is 2.20. The molecule has 112 valence electrons. The number of benzene rings is 1. The molecular formula is C18H19N3S. The highest BCUT2D eigenvalue weighted by molar-refractivity contribution is 7.13. The predicted molar refractivity (Wildman–Crippen MR) is 93.5 cm³/mol. The Kier molecular flexibility index (Phi) is 3.54. The van der Waals surface area contributed by atoms with Crippen LogP contribution in [0.5, 0.6) is 0 Å². The molecule has 22 heavy (non-hydrogen) atoms. The predicted octanol–water partition coefficient (Wildman–Crippen LogP) is 4.59. The molecule has 0 amide bonds. The molecule has 1 aliphatic rings. The highest BCUT2D eigenvalue weighted by Crippen LogP contribution is 2.31. The van der Waals surface area contributed by atoms with Gasteiger partial charge in [-0.25, -0.2) is 9.97 Å². The monoisotopic (exact) mass is 309 g/mol. The number of thiophene rings is 1. The van der Waals surface area contributed by atoms with E-state index in [4.69, 9.17) is 9.97 Å². The van der Waals surface area contributed by atoms with E-state index in [0.29, 0.717) is 0 Å². The smallest absolute Gasteiger partial charge is 0.172 e. The van der Waals surface area contributed by atoms with Gasteiger partial charge in [-0.15, -0.1) is 11.3 Å². The Morgan fingerprint density at radius 3 is 2.64 bits per heavy atom. The molecule has 1 fully saturated rings. The van der Waals surface area contributed by atoms with Gasteiger partial charge in [0.2, 0.25) is 0 Å². The van der Waals surface area contributed by atoms with Gasteiger partial charge in [-0.3, -0.25) is 0 Å². The lowest BCUT2D eigenvalue weighted by atomic mass is 9.99. The standard InChI is InChI=1S/C18H19N3S/c1-13-8-10-21(11-9-13)18-14-5-2-3-6-15(14)19-17(20-18)16-7-4-12-22-16/h2-7,12-13H,8-11H2,1H3. The molecular weight excluding hydrogens is 290 g/mol. The second-order valence-corrected chi connectivity index (χ2v) is 6.98. The van der Waals surface area contributed by atoms with Crippen molar-refractivity contribution in [3.63, 3.8) is 0 Å². The number of para-hydroxylation sites is 1. The largest absolute Gasteiger partial charge is 0.356 e. The van der Waals surface area contributed by atoms with Crippen LogP contribution < -0.4 is 4.90 Å². The van der Waals surface area contributed by atoms with Gasteiger partial charge < -0.3 is 4.90 Å². The van der Waals surface area contributed by atoms with Crippen LogP contribution in [0, 0.1) is 5.92 Å². The van der Waals surface area contributed by atoms with E-state index in [1.165, 1.54) is 12.8 Å². The number of aromatic nitrogens is 2. The molecule has 0 spiro atoms. The summed E-state index contributed by atoms with van der Waals surface area (Å²) in [4.78, 5) is 13.2. The zero-order valence-corrected chi connectivity index (χ0v) is 13.5. The van der Waals surface area contributed by atoms with Gasteiger partial charge in [0.1, 0.15) is 5.82 Å². The molecule has 4 rings (SSSR count). The van der Waals surface area contributed by atoms with Gasteiger partial charge in [-0.2, -0.15) is 0 Å². The maximum atomic E-state index is 4.92. The van der Waals surface area contributed by atoms with E-state index in [1.54, 1.807) is 11.3 Å². The van der Waals surface area contributed by atoms with Crippen molar-refractivity contribution >= 4 is 28.1 Å². The molecule has 1 aliphatic heterocycles. The summed E-state index contributed by atoms with van der Waals surface area (Å²) in [5, 5.41) is 3.24. The third-order valence-electron chi connectivity index (χ3n) is 4.41. The molecule has 0 aliphatic carbocycles. The topological polar surface area (TPSA) is 29.0 Å². The summed E-state index contributed by atoms with van der Waals surface area (Å²) in [5.74, 6) is 2.77. The minimum absolute atomic E-state index is 0.820. The molecule has 0 atom stereocenters. The Hall–Kier alpha value is -1.94. The van der Waals surface area contributed by atoms with E-state index < -0.39 is 0 Å². The molecule has 1 aromatic carbocycles. The number of piperidine rings is 1. The zero-order chi connectivity index (χ0) is 14.9. The van der Waals surface area contributed by atoms with Crippen molar-refractivity contribution in [1.82, 2.24) is 9.97 Å². The van der Waals surface area contributed by atoms with Gasteiger partial charge in [0.05, 0.1) is 10.4 Å². The van der Waals surface area contributed by atoms with Crippen LogP contribution in [0.15, 0.2) is 41.8 Å². The summed E-state index contributed by atoms with van der Waals surface area (Å²) < 4.78 is 0. The maximum absolute atomic E-state index is 4.92. The molecule has 0 saturated carbocycles. The summed E-state index contributed by atoms with van der Waals surface area (Å²) in [6.45, 7) is 4.52. The van der Waals surface area contributed by atoms with Crippen LogP contribution in [0.2, 0.25) is 0 Å². The molecule has 3 heterocycles. The molecule has 0 radical (unpaired) electrons. The minimum atomic E-state index is 0.820. The minimum Gasteiger partial charge on any atom is -0.356 e. The lowest BCUT2D eigenvalue weighted by Gasteiger charge is -2.32. The molecule has 0 N–H and O–H groups in total. The molecule has 0 bridgehead atoms. The van der Waals surface area contributed by atoms with E-state index in [2.05, 4.69) is 53.6 Å². The second-order valence-electron chi connectivity index (χ2n) is 6.03. The van der Waals surface area contributed by atoms with Gasteiger partial charge in [-0.1, -0.05) is 25.1 Å². The fourth-order valence-corrected chi connectivity index (χ4v) is 3.69. The summed E-state index contributed by atoms with van der Waals surface area (Å²) >= 11 is 1.70. The van der Waals surface area contributed by atoms with Crippen molar-refractivity contribution in [1.29, 1.82) is 0 Å². The molecule has 3 nitrogen and oxygen atoms in total. The summed E-state index contributed by atoms with van der Waals surface area (Å²) in [5.41, 5.74) is 1.04. The van der Waals surface area contributed by atoms with E-state index in [0.717, 1.165) is 46.4 Å². The summed E-state index contributed by atoms with van der Waals surface area (Å²) in [6.07, 6.45) is 2.49. The lowest BCUT2D eigenvalue weighted by Crippen LogP contribution is -2.33. The number of hydrogen-bond donors (Lipinski definition) is 0. The Balaban J connectivity index is 1.84. The quantitative estimate of drug-likeness (QED) is 0.693. The van der Waals surface area contributed by atoms with Crippen LogP contribution >= 0.6 is 11.3 Å². The third-order valence-corrected chi connectivity index (χ3v) is 5.27. The first-order valence-electron chi connectivity index (χ1n) is 7.87. The normalized spacial score (nSPS) is 16.3. The van der Waals surface area contributed by atoms with Crippen molar-refractivity contribution in [3.05, 3.63) is 41.8 Å². The first-order chi connectivity index (χ1) is 10.8. The van der Waals surface area contributed by atoms with Crippen LogP contribution in [-0.4, -0.2) is 23.1 Å². The van der Waals surface area contributed by atoms with Gasteiger partial charge in [0.15, 0.2) is 5.82 Å². The van der Waals surface area contributed by atoms with Crippen molar-refractivity contribution in [2.24, 2.45) is 5.92 Å². The van der Waals surface area contributed by atoms with Crippen LogP contribution in [0.25, 0.3) is 21.6 Å². The van der Waals surface area contributed by atoms with Gasteiger partial charge in [0.25, 0.3) is 0 Å². The summed E-state index contributed by atoms with van der Waals surface area (Å²) in [6, 6.07) is 12.5. The molecule has 2 aromatic heterocycles. The van der Waals surface area contributed by atoms with E-state index in [9.17, 15) is 0 Å². The lowest BCUT2D eigenvalue weighted by molar-refractivity contribution is 0.437. The van der Waals surface area contributed by atoms with Crippen molar-refractivity contribution < 1.29 is 0 Å². The van der Waals surface area contributed by atoms with Gasteiger partial charge in [-0.05, 0) is 42.3 Å². The van der Waals surface area contributed by atoms with E-state index >= 15 is 0 Å². The van der Waals surface area contributed by atoms with Crippen molar-refractivity contribution in [2.75, 3.05) is 18.0 Å². The van der Waals surface area contributed by atoms with Crippen molar-refractivity contribution in [3.8, 4) is 10.7 Å². The zero-order valence-electron chi connectivity index (χ0n) is 12.7. The van der Waals surface area contributed by atoms with Crippen LogP contribution in [0.4, 0.5) is 5.82 Å². The Morgan fingerprint density at radius 2 is 1.86 bits per heavy atom. The second kappa shape index (κ2) is 5.69. The summed E-state index contributed by atoms with van der Waals surface area (Å²) in [7, 11) is 0. The number of fused-ring (bicyclic) bond motifs is 1. The van der Waals surface area contributed by atoms with Gasteiger partial charge in [0, 0.05) is 18.5 Å². The first kappa shape index (κ1) is 13.7. The Labute approximate surface area is 134 Å². The van der Waals surface area contributed by atoms with Gasteiger partial charge >= 0.3 is 0 Å². The van der Waals surface area contributed by atoms with Crippen molar-refractivity contribution in [2.45, 2.75) is 19.8 Å². The fourth-order valence-electron chi connectivity index (χ4n) is 3.04. The fraction of sp³-hybridized carbons (Fsp3) is 0.333. The Bertz CT molecular complexity index is 774. The number of nitrogens with zero attached hydrogens (tertiary/aromatic N) is 3. The number of hydrogen-bond acceptors (Lipinski definition) is 4. The number of anilines is 1. The molecule has 1 saturated heterocycles. The van der Waals surface area contributed by atoms with E-state index in [1.807, 2.05) is 0 Å². The molecule has 4 heteroatoms. The molecule has 3 aromatic rings.